The average molecular weight is 373 g/mol. The van der Waals surface area contributed by atoms with Crippen molar-refractivity contribution >= 4 is 21.9 Å². The largest absolute Gasteiger partial charge is 0.465 e. The highest BCUT2D eigenvalue weighted by Crippen LogP contribution is 2.31. The lowest BCUT2D eigenvalue weighted by Gasteiger charge is -2.10. The van der Waals surface area contributed by atoms with Crippen molar-refractivity contribution in [2.24, 2.45) is 0 Å². The molecule has 0 N–H and O–H groups in total. The van der Waals surface area contributed by atoms with Crippen LogP contribution in [0.15, 0.2) is 42.5 Å². The molecular formula is C16H12BrF3O2. The first-order valence-corrected chi connectivity index (χ1v) is 7.44. The van der Waals surface area contributed by atoms with Crippen LogP contribution in [0.5, 0.6) is 0 Å². The van der Waals surface area contributed by atoms with Gasteiger partial charge < -0.3 is 4.74 Å². The van der Waals surface area contributed by atoms with Gasteiger partial charge in [-0.25, -0.2) is 4.79 Å². The van der Waals surface area contributed by atoms with E-state index < -0.39 is 17.7 Å². The SMILES string of the molecule is COC(=O)c1ccc(-c2ccc(C(F)(F)F)cc2)cc1CBr. The Kier molecular flexibility index (Phi) is 4.90. The average Bonchev–Trinajstić information content (AvgIpc) is 2.52. The van der Waals surface area contributed by atoms with Gasteiger partial charge in [0.25, 0.3) is 0 Å². The summed E-state index contributed by atoms with van der Waals surface area (Å²) in [5.74, 6) is -0.451. The minimum absolute atomic E-state index is 0.426. The third kappa shape index (κ3) is 3.50. The molecule has 0 aliphatic rings. The van der Waals surface area contributed by atoms with Gasteiger partial charge in [0.15, 0.2) is 0 Å². The lowest BCUT2D eigenvalue weighted by atomic mass is 9.99. The Morgan fingerprint density at radius 3 is 2.18 bits per heavy atom. The molecule has 116 valence electrons. The third-order valence-electron chi connectivity index (χ3n) is 3.20. The second kappa shape index (κ2) is 6.52. The molecule has 2 nitrogen and oxygen atoms in total. The first-order chi connectivity index (χ1) is 10.4. The van der Waals surface area contributed by atoms with E-state index in [9.17, 15) is 18.0 Å². The molecule has 2 rings (SSSR count). The van der Waals surface area contributed by atoms with E-state index in [1.165, 1.54) is 19.2 Å². The molecule has 0 spiro atoms. The maximum atomic E-state index is 12.6. The number of halogens is 4. The Morgan fingerprint density at radius 1 is 1.09 bits per heavy atom. The Hall–Kier alpha value is -1.82. The van der Waals surface area contributed by atoms with Crippen molar-refractivity contribution in [3.8, 4) is 11.1 Å². The van der Waals surface area contributed by atoms with Crippen LogP contribution in [0.4, 0.5) is 13.2 Å². The van der Waals surface area contributed by atoms with E-state index in [2.05, 4.69) is 15.9 Å². The number of carbonyl (C=O) groups is 1. The predicted octanol–water partition coefficient (Wildman–Crippen LogP) is 5.05. The summed E-state index contributed by atoms with van der Waals surface area (Å²) in [6, 6.07) is 9.94. The summed E-state index contributed by atoms with van der Waals surface area (Å²) in [6.45, 7) is 0. The van der Waals surface area contributed by atoms with Gasteiger partial charge in [0.05, 0.1) is 18.2 Å². The van der Waals surface area contributed by atoms with Gasteiger partial charge >= 0.3 is 12.1 Å². The summed E-state index contributed by atoms with van der Waals surface area (Å²) in [6.07, 6.45) is -4.35. The molecule has 0 aliphatic carbocycles. The van der Waals surface area contributed by atoms with Crippen molar-refractivity contribution in [3.05, 3.63) is 59.2 Å². The van der Waals surface area contributed by atoms with Crippen LogP contribution in [0, 0.1) is 0 Å². The molecule has 0 unspecified atom stereocenters. The molecule has 0 amide bonds. The van der Waals surface area contributed by atoms with Crippen LogP contribution in [0.2, 0.25) is 0 Å². The molecule has 0 radical (unpaired) electrons. The Bertz CT molecular complexity index is 679. The second-order valence-corrected chi connectivity index (χ2v) is 5.13. The van der Waals surface area contributed by atoms with E-state index >= 15 is 0 Å². The van der Waals surface area contributed by atoms with Crippen molar-refractivity contribution in [2.75, 3.05) is 7.11 Å². The summed E-state index contributed by atoms with van der Waals surface area (Å²) < 4.78 is 42.4. The van der Waals surface area contributed by atoms with E-state index in [1.54, 1.807) is 18.2 Å². The fourth-order valence-electron chi connectivity index (χ4n) is 2.04. The number of alkyl halides is 4. The van der Waals surface area contributed by atoms with Gasteiger partial charge in [-0.05, 0) is 41.0 Å². The van der Waals surface area contributed by atoms with Gasteiger partial charge in [0, 0.05) is 5.33 Å². The highest BCUT2D eigenvalue weighted by Gasteiger charge is 2.30. The zero-order chi connectivity index (χ0) is 16.3. The van der Waals surface area contributed by atoms with E-state index in [4.69, 9.17) is 4.74 Å². The fourth-order valence-corrected chi connectivity index (χ4v) is 2.51. The standard InChI is InChI=1S/C16H12BrF3O2/c1-22-15(21)14-7-4-11(8-12(14)9-17)10-2-5-13(6-3-10)16(18,19)20/h2-8H,9H2,1H3. The van der Waals surface area contributed by atoms with E-state index in [-0.39, 0.29) is 0 Å². The van der Waals surface area contributed by atoms with Crippen LogP contribution in [0.25, 0.3) is 11.1 Å². The van der Waals surface area contributed by atoms with Crippen LogP contribution >= 0.6 is 15.9 Å². The van der Waals surface area contributed by atoms with Crippen LogP contribution in [-0.4, -0.2) is 13.1 Å². The van der Waals surface area contributed by atoms with Crippen molar-refractivity contribution in [3.63, 3.8) is 0 Å². The van der Waals surface area contributed by atoms with E-state index in [0.29, 0.717) is 22.0 Å². The predicted molar refractivity (Wildman–Crippen MR) is 80.9 cm³/mol. The molecule has 0 aromatic heterocycles. The van der Waals surface area contributed by atoms with Crippen molar-refractivity contribution in [1.29, 1.82) is 0 Å². The molecule has 0 saturated heterocycles. The summed E-state index contributed by atoms with van der Waals surface area (Å²) in [5.41, 5.74) is 1.82. The molecule has 0 bridgehead atoms. The maximum Gasteiger partial charge on any atom is 0.416 e. The summed E-state index contributed by atoms with van der Waals surface area (Å²) in [7, 11) is 1.30. The van der Waals surface area contributed by atoms with Crippen LogP contribution in [0.1, 0.15) is 21.5 Å². The van der Waals surface area contributed by atoms with Gasteiger partial charge in [-0.2, -0.15) is 13.2 Å². The Balaban J connectivity index is 2.39. The number of esters is 1. The Morgan fingerprint density at radius 2 is 1.68 bits per heavy atom. The van der Waals surface area contributed by atoms with Crippen LogP contribution in [-0.2, 0) is 16.2 Å². The lowest BCUT2D eigenvalue weighted by Crippen LogP contribution is -2.05. The molecule has 0 heterocycles. The Labute approximate surface area is 134 Å². The van der Waals surface area contributed by atoms with Gasteiger partial charge in [0.2, 0.25) is 0 Å². The summed E-state index contributed by atoms with van der Waals surface area (Å²) >= 11 is 3.29. The zero-order valence-corrected chi connectivity index (χ0v) is 13.2. The normalized spacial score (nSPS) is 11.3. The van der Waals surface area contributed by atoms with Crippen LogP contribution < -0.4 is 0 Å². The van der Waals surface area contributed by atoms with Crippen molar-refractivity contribution < 1.29 is 22.7 Å². The van der Waals surface area contributed by atoms with Crippen molar-refractivity contribution in [2.45, 2.75) is 11.5 Å². The molecular weight excluding hydrogens is 361 g/mol. The molecule has 0 saturated carbocycles. The number of hydrogen-bond acceptors (Lipinski definition) is 2. The molecule has 22 heavy (non-hydrogen) atoms. The van der Waals surface area contributed by atoms with E-state index in [1.807, 2.05) is 0 Å². The topological polar surface area (TPSA) is 26.3 Å². The highest BCUT2D eigenvalue weighted by molar-refractivity contribution is 9.08. The fraction of sp³-hybridized carbons (Fsp3) is 0.188. The lowest BCUT2D eigenvalue weighted by molar-refractivity contribution is -0.137. The minimum Gasteiger partial charge on any atom is -0.465 e. The third-order valence-corrected chi connectivity index (χ3v) is 3.80. The van der Waals surface area contributed by atoms with Crippen LogP contribution in [0.3, 0.4) is 0 Å². The molecule has 2 aromatic rings. The monoisotopic (exact) mass is 372 g/mol. The molecule has 6 heteroatoms. The first kappa shape index (κ1) is 16.5. The second-order valence-electron chi connectivity index (χ2n) is 4.57. The van der Waals surface area contributed by atoms with Gasteiger partial charge in [-0.1, -0.05) is 34.1 Å². The highest BCUT2D eigenvalue weighted by atomic mass is 79.9. The zero-order valence-electron chi connectivity index (χ0n) is 11.6. The summed E-state index contributed by atoms with van der Waals surface area (Å²) in [4.78, 5) is 11.6. The number of rotatable bonds is 3. The number of benzene rings is 2. The molecule has 0 fully saturated rings. The van der Waals surface area contributed by atoms with Crippen molar-refractivity contribution in [1.82, 2.24) is 0 Å². The van der Waals surface area contributed by atoms with E-state index in [0.717, 1.165) is 17.7 Å². The number of carbonyl (C=O) groups excluding carboxylic acids is 1. The first-order valence-electron chi connectivity index (χ1n) is 6.31. The molecule has 0 aliphatic heterocycles. The summed E-state index contributed by atoms with van der Waals surface area (Å²) in [5, 5.41) is 0.436. The molecule has 2 aromatic carbocycles. The maximum absolute atomic E-state index is 12.6. The quantitative estimate of drug-likeness (QED) is 0.556. The number of hydrogen-bond donors (Lipinski definition) is 0. The smallest absolute Gasteiger partial charge is 0.416 e. The number of methoxy groups -OCH3 is 1. The van der Waals surface area contributed by atoms with Gasteiger partial charge in [-0.3, -0.25) is 0 Å². The molecule has 0 atom stereocenters. The van der Waals surface area contributed by atoms with Gasteiger partial charge in [-0.15, -0.1) is 0 Å². The van der Waals surface area contributed by atoms with Gasteiger partial charge in [0.1, 0.15) is 0 Å². The number of ether oxygens (including phenoxy) is 1. The minimum atomic E-state index is -4.35.